The van der Waals surface area contributed by atoms with E-state index in [0.29, 0.717) is 6.42 Å². The maximum atomic E-state index is 10.9. The third kappa shape index (κ3) is 3.19. The van der Waals surface area contributed by atoms with Crippen LogP contribution < -0.4 is 10.6 Å². The summed E-state index contributed by atoms with van der Waals surface area (Å²) < 4.78 is 4.59. The largest absolute Gasteiger partial charge is 0.469 e. The second kappa shape index (κ2) is 5.11. The Bertz CT molecular complexity index is 142. The highest BCUT2D eigenvalue weighted by Crippen LogP contribution is 1.96. The quantitative estimate of drug-likeness (QED) is 0.551. The topological polar surface area (TPSA) is 50.4 Å². The van der Waals surface area contributed by atoms with E-state index < -0.39 is 0 Å². The van der Waals surface area contributed by atoms with Gasteiger partial charge in [-0.25, -0.2) is 0 Å². The average molecular weight is 172 g/mol. The zero-order valence-electron chi connectivity index (χ0n) is 7.43. The first-order valence-electron chi connectivity index (χ1n) is 4.34. The van der Waals surface area contributed by atoms with E-state index in [1.807, 2.05) is 0 Å². The van der Waals surface area contributed by atoms with E-state index in [4.69, 9.17) is 0 Å². The lowest BCUT2D eigenvalue weighted by Crippen LogP contribution is -2.37. The monoisotopic (exact) mass is 172 g/mol. The minimum absolute atomic E-state index is 0.142. The Morgan fingerprint density at radius 1 is 1.58 bits per heavy atom. The standard InChI is InChI=1S/C8H16N2O2/c1-12-8(11)5-7-6-9-3-2-4-10-7/h7,9-10H,2-6H2,1H3. The van der Waals surface area contributed by atoms with Gasteiger partial charge in [0.1, 0.15) is 0 Å². The SMILES string of the molecule is COC(=O)CC1CNCCCN1. The number of methoxy groups -OCH3 is 1. The molecule has 4 nitrogen and oxygen atoms in total. The summed E-state index contributed by atoms with van der Waals surface area (Å²) in [4.78, 5) is 10.9. The highest BCUT2D eigenvalue weighted by Gasteiger charge is 2.14. The van der Waals surface area contributed by atoms with Gasteiger partial charge in [0.25, 0.3) is 0 Å². The number of hydrogen-bond donors (Lipinski definition) is 2. The molecule has 70 valence electrons. The Morgan fingerprint density at radius 3 is 3.17 bits per heavy atom. The van der Waals surface area contributed by atoms with Crippen LogP contribution in [-0.4, -0.2) is 38.8 Å². The van der Waals surface area contributed by atoms with Crippen LogP contribution >= 0.6 is 0 Å². The van der Waals surface area contributed by atoms with Gasteiger partial charge in [0.05, 0.1) is 13.5 Å². The zero-order valence-corrected chi connectivity index (χ0v) is 7.43. The van der Waals surface area contributed by atoms with Crippen LogP contribution in [0.25, 0.3) is 0 Å². The molecule has 1 unspecified atom stereocenters. The summed E-state index contributed by atoms with van der Waals surface area (Å²) in [6, 6.07) is 0.236. The van der Waals surface area contributed by atoms with Crippen molar-refractivity contribution in [3.05, 3.63) is 0 Å². The van der Waals surface area contributed by atoms with Crippen LogP contribution in [0.15, 0.2) is 0 Å². The predicted octanol–water partition coefficient (Wildman–Crippen LogP) is -0.499. The third-order valence-electron chi connectivity index (χ3n) is 1.99. The highest BCUT2D eigenvalue weighted by molar-refractivity contribution is 5.69. The Balaban J connectivity index is 2.24. The Labute approximate surface area is 72.7 Å². The smallest absolute Gasteiger partial charge is 0.307 e. The van der Waals surface area contributed by atoms with Crippen molar-refractivity contribution in [1.29, 1.82) is 0 Å². The molecule has 1 heterocycles. The van der Waals surface area contributed by atoms with Gasteiger partial charge in [0.2, 0.25) is 0 Å². The molecule has 0 radical (unpaired) electrons. The Hall–Kier alpha value is -0.610. The molecule has 0 aliphatic carbocycles. The summed E-state index contributed by atoms with van der Waals surface area (Å²) >= 11 is 0. The third-order valence-corrected chi connectivity index (χ3v) is 1.99. The molecule has 1 aliphatic rings. The molecule has 1 aliphatic heterocycles. The maximum Gasteiger partial charge on any atom is 0.307 e. The van der Waals surface area contributed by atoms with Crippen LogP contribution in [0.2, 0.25) is 0 Å². The van der Waals surface area contributed by atoms with Crippen molar-refractivity contribution in [2.75, 3.05) is 26.7 Å². The van der Waals surface area contributed by atoms with Gasteiger partial charge in [-0.1, -0.05) is 0 Å². The number of hydrogen-bond acceptors (Lipinski definition) is 4. The van der Waals surface area contributed by atoms with E-state index >= 15 is 0 Å². The van der Waals surface area contributed by atoms with E-state index in [1.165, 1.54) is 7.11 Å². The van der Waals surface area contributed by atoms with Gasteiger partial charge in [-0.2, -0.15) is 0 Å². The molecule has 0 saturated carbocycles. The first-order chi connectivity index (χ1) is 5.83. The van der Waals surface area contributed by atoms with Crippen molar-refractivity contribution in [2.45, 2.75) is 18.9 Å². The molecule has 12 heavy (non-hydrogen) atoms. The van der Waals surface area contributed by atoms with E-state index in [1.54, 1.807) is 0 Å². The van der Waals surface area contributed by atoms with Gasteiger partial charge in [-0.15, -0.1) is 0 Å². The summed E-state index contributed by atoms with van der Waals surface area (Å²) in [5.74, 6) is -0.142. The molecular weight excluding hydrogens is 156 g/mol. The molecule has 0 spiro atoms. The van der Waals surface area contributed by atoms with E-state index in [-0.39, 0.29) is 12.0 Å². The minimum Gasteiger partial charge on any atom is -0.469 e. The maximum absolute atomic E-state index is 10.9. The lowest BCUT2D eigenvalue weighted by Gasteiger charge is -2.13. The van der Waals surface area contributed by atoms with Crippen molar-refractivity contribution >= 4 is 5.97 Å². The Kier molecular flexibility index (Phi) is 4.04. The van der Waals surface area contributed by atoms with Gasteiger partial charge >= 0.3 is 5.97 Å². The summed E-state index contributed by atoms with van der Waals surface area (Å²) in [5, 5.41) is 6.54. The number of carbonyl (C=O) groups excluding carboxylic acids is 1. The van der Waals surface area contributed by atoms with Gasteiger partial charge in [-0.05, 0) is 19.5 Å². The molecular formula is C8H16N2O2. The minimum atomic E-state index is -0.142. The van der Waals surface area contributed by atoms with Gasteiger partial charge in [0.15, 0.2) is 0 Å². The molecule has 1 fully saturated rings. The first-order valence-corrected chi connectivity index (χ1v) is 4.34. The highest BCUT2D eigenvalue weighted by atomic mass is 16.5. The fourth-order valence-corrected chi connectivity index (χ4v) is 1.30. The summed E-state index contributed by atoms with van der Waals surface area (Å²) in [6.07, 6.45) is 1.58. The molecule has 1 rings (SSSR count). The lowest BCUT2D eigenvalue weighted by atomic mass is 10.2. The number of carbonyl (C=O) groups is 1. The van der Waals surface area contributed by atoms with Crippen LogP contribution in [0.1, 0.15) is 12.8 Å². The average Bonchev–Trinajstić information content (AvgIpc) is 2.33. The normalized spacial score (nSPS) is 24.6. The molecule has 0 aromatic heterocycles. The van der Waals surface area contributed by atoms with E-state index in [0.717, 1.165) is 26.1 Å². The van der Waals surface area contributed by atoms with Crippen molar-refractivity contribution in [2.24, 2.45) is 0 Å². The zero-order chi connectivity index (χ0) is 8.81. The number of rotatable bonds is 2. The van der Waals surface area contributed by atoms with Gasteiger partial charge in [-0.3, -0.25) is 4.79 Å². The van der Waals surface area contributed by atoms with E-state index in [9.17, 15) is 4.79 Å². The molecule has 0 bridgehead atoms. The second-order valence-electron chi connectivity index (χ2n) is 2.99. The van der Waals surface area contributed by atoms with Crippen LogP contribution in [0.3, 0.4) is 0 Å². The molecule has 2 N–H and O–H groups in total. The molecule has 0 aromatic carbocycles. The molecule has 4 heteroatoms. The predicted molar refractivity (Wildman–Crippen MR) is 45.9 cm³/mol. The van der Waals surface area contributed by atoms with Crippen LogP contribution in [-0.2, 0) is 9.53 Å². The Morgan fingerprint density at radius 2 is 2.42 bits per heavy atom. The van der Waals surface area contributed by atoms with Crippen LogP contribution in [0.4, 0.5) is 0 Å². The lowest BCUT2D eigenvalue weighted by molar-refractivity contribution is -0.141. The first kappa shape index (κ1) is 9.48. The molecule has 1 saturated heterocycles. The fourth-order valence-electron chi connectivity index (χ4n) is 1.30. The van der Waals surface area contributed by atoms with Crippen LogP contribution in [0, 0.1) is 0 Å². The van der Waals surface area contributed by atoms with Crippen molar-refractivity contribution in [3.63, 3.8) is 0 Å². The van der Waals surface area contributed by atoms with Crippen molar-refractivity contribution in [3.8, 4) is 0 Å². The second-order valence-corrected chi connectivity index (χ2v) is 2.99. The van der Waals surface area contributed by atoms with E-state index in [2.05, 4.69) is 15.4 Å². The van der Waals surface area contributed by atoms with Gasteiger partial charge < -0.3 is 15.4 Å². The van der Waals surface area contributed by atoms with Crippen LogP contribution in [0.5, 0.6) is 0 Å². The molecule has 1 atom stereocenters. The summed E-state index contributed by atoms with van der Waals surface area (Å²) in [7, 11) is 1.42. The molecule has 0 aromatic rings. The molecule has 0 amide bonds. The number of nitrogens with one attached hydrogen (secondary N) is 2. The number of esters is 1. The van der Waals surface area contributed by atoms with Gasteiger partial charge in [0, 0.05) is 12.6 Å². The summed E-state index contributed by atoms with van der Waals surface area (Å²) in [6.45, 7) is 2.87. The van der Waals surface area contributed by atoms with Crippen molar-refractivity contribution in [1.82, 2.24) is 10.6 Å². The summed E-state index contributed by atoms with van der Waals surface area (Å²) in [5.41, 5.74) is 0. The fraction of sp³-hybridized carbons (Fsp3) is 0.875. The number of ether oxygens (including phenoxy) is 1. The van der Waals surface area contributed by atoms with Crippen molar-refractivity contribution < 1.29 is 9.53 Å².